The number of rotatable bonds is 9. The number of fused-ring (bicyclic) bond motifs is 12. The summed E-state index contributed by atoms with van der Waals surface area (Å²) in [5.74, 6) is 0. The van der Waals surface area contributed by atoms with Gasteiger partial charge in [-0.2, -0.15) is 0 Å². The van der Waals surface area contributed by atoms with Gasteiger partial charge in [0.2, 0.25) is 0 Å². The Morgan fingerprint density at radius 1 is 0.312 bits per heavy atom. The lowest BCUT2D eigenvalue weighted by molar-refractivity contribution is 0.660. The second-order valence-electron chi connectivity index (χ2n) is 22.3. The van der Waals surface area contributed by atoms with Crippen LogP contribution in [0.3, 0.4) is 0 Å². The number of aromatic nitrogens is 1. The molecule has 3 aromatic heterocycles. The van der Waals surface area contributed by atoms with E-state index in [2.05, 4.69) is 304 Å². The molecule has 378 valence electrons. The van der Waals surface area contributed by atoms with Crippen LogP contribution < -0.4 is 20.7 Å². The molecule has 0 bridgehead atoms. The third kappa shape index (κ3) is 6.80. The van der Waals surface area contributed by atoms with Gasteiger partial charge in [0.25, 0.3) is 0 Å². The molecule has 1 nitrogen and oxygen atoms in total. The smallest absolute Gasteiger partial charge is 0.179 e. The van der Waals surface area contributed by atoms with Crippen molar-refractivity contribution in [3.8, 4) is 16.8 Å². The van der Waals surface area contributed by atoms with Crippen molar-refractivity contribution in [2.45, 2.75) is 24.7 Å². The molecule has 16 rings (SSSR count). The largest absolute Gasteiger partial charge is 0.309 e. The lowest BCUT2D eigenvalue weighted by Crippen LogP contribution is -2.74. The fourth-order valence-electron chi connectivity index (χ4n) is 14.3. The van der Waals surface area contributed by atoms with Crippen LogP contribution in [0, 0.1) is 0 Å². The molecule has 15 aromatic rings. The second kappa shape index (κ2) is 18.1. The average Bonchev–Trinajstić information content (AvgIpc) is 4.40. The minimum absolute atomic E-state index is 0.115. The van der Waals surface area contributed by atoms with Crippen LogP contribution in [0.25, 0.3) is 79.0 Å². The molecular weight excluding hydrogens is 1020 g/mol. The van der Waals surface area contributed by atoms with Crippen LogP contribution in [0.4, 0.5) is 0 Å². The predicted molar refractivity (Wildman–Crippen MR) is 346 cm³/mol. The van der Waals surface area contributed by atoms with Crippen molar-refractivity contribution in [3.63, 3.8) is 0 Å². The van der Waals surface area contributed by atoms with Crippen LogP contribution in [0.5, 0.6) is 0 Å². The maximum Gasteiger partial charge on any atom is 0.179 e. The van der Waals surface area contributed by atoms with Crippen molar-refractivity contribution in [3.05, 3.63) is 318 Å². The van der Waals surface area contributed by atoms with Gasteiger partial charge in [0.05, 0.1) is 16.4 Å². The molecule has 0 spiro atoms. The zero-order valence-corrected chi connectivity index (χ0v) is 47.0. The summed E-state index contributed by atoms with van der Waals surface area (Å²) >= 11 is 3.77. The predicted octanol–water partition coefficient (Wildman–Crippen LogP) is 17.6. The molecule has 0 N–H and O–H groups in total. The molecular formula is C76H53NS2Si. The lowest BCUT2D eigenvalue weighted by atomic mass is 9.65. The van der Waals surface area contributed by atoms with Crippen LogP contribution in [-0.4, -0.2) is 12.6 Å². The zero-order valence-electron chi connectivity index (χ0n) is 44.4. The number of nitrogens with zero attached hydrogens (tertiary/aromatic N) is 1. The molecule has 2 unspecified atom stereocenters. The number of hydrogen-bond acceptors (Lipinski definition) is 2. The summed E-state index contributed by atoms with van der Waals surface area (Å²) in [6.07, 6.45) is 0. The highest BCUT2D eigenvalue weighted by Gasteiger charge is 2.45. The van der Waals surface area contributed by atoms with E-state index in [4.69, 9.17) is 0 Å². The molecule has 1 aliphatic carbocycles. The SMILES string of the molecule is CC1(C)c2ccccc2-c2cc([Si](c3ccccc3)(c3ccc(C(c4ccccc4)(c4ccc5sc6ccccc6c5c4)c4ccc5c(c4)c4ccccc4n5-c4ccccc4)cc3)c3ccc4sc5ccccc5c4c3)ccc21. The Morgan fingerprint density at radius 2 is 0.775 bits per heavy atom. The van der Waals surface area contributed by atoms with Gasteiger partial charge in [-0.25, -0.2) is 0 Å². The van der Waals surface area contributed by atoms with E-state index in [1.54, 1.807) is 0 Å². The number of hydrogen-bond donors (Lipinski definition) is 0. The molecule has 80 heavy (non-hydrogen) atoms. The van der Waals surface area contributed by atoms with Crippen LogP contribution >= 0.6 is 22.7 Å². The molecule has 2 atom stereocenters. The molecule has 12 aromatic carbocycles. The van der Waals surface area contributed by atoms with Gasteiger partial charge in [-0.3, -0.25) is 0 Å². The molecule has 4 heteroatoms. The van der Waals surface area contributed by atoms with E-state index < -0.39 is 13.5 Å². The van der Waals surface area contributed by atoms with Crippen molar-refractivity contribution in [2.24, 2.45) is 0 Å². The number of thiophene rings is 2. The molecule has 0 aliphatic heterocycles. The summed E-state index contributed by atoms with van der Waals surface area (Å²) in [5, 5.41) is 13.2. The summed E-state index contributed by atoms with van der Waals surface area (Å²) < 4.78 is 7.67. The van der Waals surface area contributed by atoms with E-state index in [9.17, 15) is 0 Å². The second-order valence-corrected chi connectivity index (χ2v) is 28.3. The Balaban J connectivity index is 0.999. The fourth-order valence-corrected chi connectivity index (χ4v) is 21.2. The Morgan fingerprint density at radius 3 is 1.50 bits per heavy atom. The summed E-state index contributed by atoms with van der Waals surface area (Å²) in [7, 11) is -3.16. The monoisotopic (exact) mass is 1070 g/mol. The van der Waals surface area contributed by atoms with Gasteiger partial charge >= 0.3 is 0 Å². The first-order valence-electron chi connectivity index (χ1n) is 27.8. The van der Waals surface area contributed by atoms with E-state index >= 15 is 0 Å². The number of para-hydroxylation sites is 2. The highest BCUT2D eigenvalue weighted by Crippen LogP contribution is 2.50. The van der Waals surface area contributed by atoms with E-state index in [-0.39, 0.29) is 5.41 Å². The first kappa shape index (κ1) is 47.1. The molecule has 1 aliphatic rings. The van der Waals surface area contributed by atoms with Gasteiger partial charge in [0, 0.05) is 62.2 Å². The first-order valence-corrected chi connectivity index (χ1v) is 31.4. The molecule has 0 amide bonds. The standard InChI is InChI=1S/C76H53NS2Si/c1-75(2)67-30-16-12-26-59(67)63-48-57(40-42-68(63)75)80(55-24-10-5-11-25-55,58-41-45-74-66(49-58)62-29-15-19-33-72(62)79-74)56-38-34-51(35-39-56)76(50-20-6-3-7-21-50,53-37-44-73-65(47-53)61-28-14-18-32-71(61)78-73)52-36-43-70-64(46-52)60-27-13-17-31-69(60)77(70)54-22-8-4-9-23-54/h3-49H,1-2H3. The third-order valence-corrected chi connectivity index (χ3v) is 25.0. The van der Waals surface area contributed by atoms with E-state index in [0.29, 0.717) is 0 Å². The van der Waals surface area contributed by atoms with Gasteiger partial charge < -0.3 is 4.57 Å². The van der Waals surface area contributed by atoms with E-state index in [1.165, 1.54) is 127 Å². The van der Waals surface area contributed by atoms with Crippen LogP contribution in [0.2, 0.25) is 0 Å². The van der Waals surface area contributed by atoms with Crippen molar-refractivity contribution < 1.29 is 0 Å². The van der Waals surface area contributed by atoms with Crippen LogP contribution in [-0.2, 0) is 10.8 Å². The van der Waals surface area contributed by atoms with Crippen LogP contribution in [0.15, 0.2) is 285 Å². The lowest BCUT2D eigenvalue weighted by Gasteiger charge is -2.38. The molecule has 0 saturated heterocycles. The maximum absolute atomic E-state index is 3.16. The van der Waals surface area contributed by atoms with Crippen molar-refractivity contribution in [1.82, 2.24) is 4.57 Å². The minimum Gasteiger partial charge on any atom is -0.309 e. The quantitative estimate of drug-likeness (QED) is 0.100. The van der Waals surface area contributed by atoms with Crippen molar-refractivity contribution in [2.75, 3.05) is 0 Å². The van der Waals surface area contributed by atoms with Gasteiger partial charge in [0.1, 0.15) is 0 Å². The Bertz CT molecular complexity index is 4910. The topological polar surface area (TPSA) is 4.93 Å². The minimum atomic E-state index is -3.16. The van der Waals surface area contributed by atoms with E-state index in [1.807, 2.05) is 22.7 Å². The zero-order chi connectivity index (χ0) is 53.2. The Hall–Kier alpha value is -8.90. The van der Waals surface area contributed by atoms with Crippen molar-refractivity contribution >= 4 is 114 Å². The molecule has 0 radical (unpaired) electrons. The third-order valence-electron chi connectivity index (χ3n) is 17.9. The summed E-state index contributed by atoms with van der Waals surface area (Å²) in [6, 6.07) is 109. The Labute approximate surface area is 475 Å². The summed E-state index contributed by atoms with van der Waals surface area (Å²) in [4.78, 5) is 0. The highest BCUT2D eigenvalue weighted by molar-refractivity contribution is 7.26. The fraction of sp³-hybridized carbons (Fsp3) is 0.0526. The highest BCUT2D eigenvalue weighted by atomic mass is 32.1. The van der Waals surface area contributed by atoms with Crippen molar-refractivity contribution in [1.29, 1.82) is 0 Å². The maximum atomic E-state index is 2.60. The summed E-state index contributed by atoms with van der Waals surface area (Å²) in [6.45, 7) is 4.79. The normalized spacial score (nSPS) is 14.4. The summed E-state index contributed by atoms with van der Waals surface area (Å²) in [5.41, 5.74) is 13.0. The number of benzene rings is 12. The van der Waals surface area contributed by atoms with Crippen LogP contribution in [0.1, 0.15) is 47.2 Å². The first-order chi connectivity index (χ1) is 39.4. The van der Waals surface area contributed by atoms with Gasteiger partial charge in [-0.05, 0) is 126 Å². The Kier molecular flexibility index (Phi) is 10.6. The van der Waals surface area contributed by atoms with E-state index in [0.717, 1.165) is 5.69 Å². The molecule has 0 saturated carbocycles. The van der Waals surface area contributed by atoms with Gasteiger partial charge in [-0.1, -0.05) is 238 Å². The van der Waals surface area contributed by atoms with Gasteiger partial charge in [-0.15, -0.1) is 22.7 Å². The molecule has 0 fully saturated rings. The van der Waals surface area contributed by atoms with Gasteiger partial charge in [0.15, 0.2) is 8.07 Å². The average molecular weight is 1070 g/mol. The molecule has 3 heterocycles.